The Hall–Kier alpha value is -1.80. The van der Waals surface area contributed by atoms with Gasteiger partial charge in [0.15, 0.2) is 0 Å². The number of hydrogen-bond donors (Lipinski definition) is 4. The summed E-state index contributed by atoms with van der Waals surface area (Å²) in [4.78, 5) is 23.9. The number of carbonyl (C=O) groups excluding carboxylic acids is 2. The molecule has 0 aliphatic carbocycles. The minimum Gasteiger partial charge on any atom is -0.465 e. The molecule has 1 aromatic rings. The molecule has 2 rings (SSSR count). The van der Waals surface area contributed by atoms with Crippen LogP contribution in [0, 0.1) is 5.92 Å². The maximum atomic E-state index is 12.0. The Labute approximate surface area is 203 Å². The van der Waals surface area contributed by atoms with Crippen molar-refractivity contribution in [1.82, 2.24) is 4.72 Å². The number of hydrogen-bond acceptors (Lipinski definition) is 10. The Morgan fingerprint density at radius 2 is 1.79 bits per heavy atom. The van der Waals surface area contributed by atoms with Gasteiger partial charge in [-0.25, -0.2) is 4.72 Å². The molecule has 5 N–H and O–H groups in total. The maximum Gasteiger partial charge on any atom is 0.362 e. The quantitative estimate of drug-likeness (QED) is 0.274. The van der Waals surface area contributed by atoms with E-state index < -0.39 is 59.2 Å². The molecule has 13 heteroatoms. The zero-order valence-corrected chi connectivity index (χ0v) is 20.5. The van der Waals surface area contributed by atoms with Crippen LogP contribution in [0.5, 0.6) is 0 Å². The predicted octanol–water partition coefficient (Wildman–Crippen LogP) is 0.0560. The molecule has 1 amide bonds. The first-order chi connectivity index (χ1) is 15.9. The largest absolute Gasteiger partial charge is 0.465 e. The molecule has 1 fully saturated rings. The highest BCUT2D eigenvalue weighted by atomic mass is 35.5. The van der Waals surface area contributed by atoms with E-state index in [2.05, 4.69) is 0 Å². The third-order valence-electron chi connectivity index (χ3n) is 5.06. The van der Waals surface area contributed by atoms with Crippen molar-refractivity contribution in [2.24, 2.45) is 11.7 Å². The van der Waals surface area contributed by atoms with Crippen LogP contribution in [0.2, 0.25) is 5.02 Å². The second-order valence-electron chi connectivity index (χ2n) is 8.45. The summed E-state index contributed by atoms with van der Waals surface area (Å²) < 4.78 is 41.0. The molecule has 1 saturated heterocycles. The fraction of sp³-hybridized carbons (Fsp3) is 0.619. The smallest absolute Gasteiger partial charge is 0.362 e. The van der Waals surface area contributed by atoms with Gasteiger partial charge in [-0.3, -0.25) is 13.8 Å². The van der Waals surface area contributed by atoms with E-state index in [0.29, 0.717) is 5.02 Å². The number of nitrogens with two attached hydrogens (primary N) is 1. The summed E-state index contributed by atoms with van der Waals surface area (Å²) in [7, 11) is -4.50. The van der Waals surface area contributed by atoms with E-state index in [0.717, 1.165) is 5.56 Å². The lowest BCUT2D eigenvalue weighted by Gasteiger charge is -2.17. The van der Waals surface area contributed by atoms with E-state index >= 15 is 0 Å². The minimum absolute atomic E-state index is 0.0364. The van der Waals surface area contributed by atoms with Crippen molar-refractivity contribution in [3.05, 3.63) is 34.9 Å². The number of benzene rings is 1. The highest BCUT2D eigenvalue weighted by Gasteiger charge is 2.43. The molecule has 0 bridgehead atoms. The Kier molecular flexibility index (Phi) is 10.7. The van der Waals surface area contributed by atoms with Crippen LogP contribution < -0.4 is 10.5 Å². The van der Waals surface area contributed by atoms with Crippen molar-refractivity contribution in [3.63, 3.8) is 0 Å². The molecule has 5 atom stereocenters. The first-order valence-electron chi connectivity index (χ1n) is 10.8. The number of carbonyl (C=O) groups is 2. The summed E-state index contributed by atoms with van der Waals surface area (Å²) in [5.41, 5.74) is 6.37. The van der Waals surface area contributed by atoms with Gasteiger partial charge in [-0.1, -0.05) is 37.6 Å². The lowest BCUT2D eigenvalue weighted by Crippen LogP contribution is -2.45. The van der Waals surface area contributed by atoms with Crippen LogP contribution in [-0.2, 0) is 40.0 Å². The van der Waals surface area contributed by atoms with Gasteiger partial charge in [0.1, 0.15) is 18.3 Å². The summed E-state index contributed by atoms with van der Waals surface area (Å²) in [5, 5.41) is 20.9. The van der Waals surface area contributed by atoms with Crippen LogP contribution in [0.1, 0.15) is 32.3 Å². The Balaban J connectivity index is 1.76. The number of aliphatic hydroxyl groups is 2. The van der Waals surface area contributed by atoms with Gasteiger partial charge in [-0.05, 0) is 30.0 Å². The molecular formula is C21H31ClN2O9S. The van der Waals surface area contributed by atoms with Gasteiger partial charge in [0.05, 0.1) is 31.8 Å². The molecular weight excluding hydrogens is 492 g/mol. The van der Waals surface area contributed by atoms with E-state index in [1.54, 1.807) is 29.0 Å². The number of amides is 1. The van der Waals surface area contributed by atoms with Crippen LogP contribution in [0.3, 0.4) is 0 Å². The standard InChI is InChI=1S/C21H31ClN2O9S/c1-12(2)9-15(23)21(28)24-34(29,30)32-11-17-20(27)19(26)16(33-17)7-8-31-18(25)10-13-3-5-14(22)6-4-13/h3-6,12,15-17,19-20,26-27H,7-11,23H2,1-2H3,(H,24,28). The van der Waals surface area contributed by atoms with Crippen LogP contribution in [0.25, 0.3) is 0 Å². The van der Waals surface area contributed by atoms with Crippen LogP contribution in [0.4, 0.5) is 0 Å². The zero-order chi connectivity index (χ0) is 25.5. The van der Waals surface area contributed by atoms with Gasteiger partial charge in [0.2, 0.25) is 0 Å². The normalized spacial score (nSPS) is 23.6. The summed E-state index contributed by atoms with van der Waals surface area (Å²) in [6.45, 7) is 2.93. The average Bonchev–Trinajstić information content (AvgIpc) is 3.01. The van der Waals surface area contributed by atoms with Gasteiger partial charge in [0, 0.05) is 11.4 Å². The molecule has 34 heavy (non-hydrogen) atoms. The first-order valence-corrected chi connectivity index (χ1v) is 12.5. The zero-order valence-electron chi connectivity index (χ0n) is 18.9. The average molecular weight is 523 g/mol. The maximum absolute atomic E-state index is 12.0. The van der Waals surface area contributed by atoms with Crippen molar-refractivity contribution in [2.75, 3.05) is 13.2 Å². The molecule has 0 spiro atoms. The van der Waals surface area contributed by atoms with Crippen molar-refractivity contribution in [1.29, 1.82) is 0 Å². The van der Waals surface area contributed by atoms with Gasteiger partial charge in [-0.2, -0.15) is 8.42 Å². The second-order valence-corrected chi connectivity index (χ2v) is 10.2. The van der Waals surface area contributed by atoms with E-state index in [1.807, 2.05) is 13.8 Å². The van der Waals surface area contributed by atoms with Gasteiger partial charge in [-0.15, -0.1) is 0 Å². The number of rotatable bonds is 12. The Morgan fingerprint density at radius 1 is 1.18 bits per heavy atom. The SMILES string of the molecule is CC(C)CC(N)C(=O)NS(=O)(=O)OCC1OC(CCOC(=O)Cc2ccc(Cl)cc2)C(O)C1O. The number of halogens is 1. The lowest BCUT2D eigenvalue weighted by molar-refractivity contribution is -0.144. The van der Waals surface area contributed by atoms with Crippen molar-refractivity contribution >= 4 is 33.8 Å². The second kappa shape index (κ2) is 12.8. The number of esters is 1. The molecule has 0 saturated carbocycles. The van der Waals surface area contributed by atoms with Crippen molar-refractivity contribution in [2.45, 2.75) is 63.6 Å². The molecule has 1 aliphatic rings. The van der Waals surface area contributed by atoms with E-state index in [4.69, 9.17) is 31.0 Å². The first kappa shape index (κ1) is 28.4. The predicted molar refractivity (Wildman–Crippen MR) is 122 cm³/mol. The molecule has 5 unspecified atom stereocenters. The van der Waals surface area contributed by atoms with Crippen LogP contribution in [0.15, 0.2) is 24.3 Å². The molecule has 0 radical (unpaired) electrons. The summed E-state index contributed by atoms with van der Waals surface area (Å²) in [5.74, 6) is -1.32. The molecule has 192 valence electrons. The van der Waals surface area contributed by atoms with Gasteiger partial charge in [0.25, 0.3) is 5.91 Å². The monoisotopic (exact) mass is 522 g/mol. The van der Waals surface area contributed by atoms with Gasteiger partial charge < -0.3 is 25.4 Å². The van der Waals surface area contributed by atoms with E-state index in [1.165, 1.54) is 0 Å². The fourth-order valence-electron chi connectivity index (χ4n) is 3.31. The van der Waals surface area contributed by atoms with Crippen LogP contribution >= 0.6 is 11.6 Å². The molecule has 1 heterocycles. The summed E-state index contributed by atoms with van der Waals surface area (Å²) in [6, 6.07) is 5.68. The topological polar surface area (TPSA) is 174 Å². The number of nitrogens with one attached hydrogen (secondary N) is 1. The summed E-state index contributed by atoms with van der Waals surface area (Å²) in [6.07, 6.45) is -4.50. The van der Waals surface area contributed by atoms with E-state index in [9.17, 15) is 28.2 Å². The minimum atomic E-state index is -4.50. The summed E-state index contributed by atoms with van der Waals surface area (Å²) >= 11 is 5.80. The molecule has 1 aliphatic heterocycles. The van der Waals surface area contributed by atoms with E-state index in [-0.39, 0.29) is 31.8 Å². The van der Waals surface area contributed by atoms with Crippen molar-refractivity contribution in [3.8, 4) is 0 Å². The number of aliphatic hydroxyl groups excluding tert-OH is 2. The molecule has 1 aromatic carbocycles. The Morgan fingerprint density at radius 3 is 2.41 bits per heavy atom. The highest BCUT2D eigenvalue weighted by Crippen LogP contribution is 2.24. The third kappa shape index (κ3) is 9.10. The molecule has 0 aromatic heterocycles. The molecule has 11 nitrogen and oxygen atoms in total. The van der Waals surface area contributed by atoms with Crippen LogP contribution in [-0.4, -0.2) is 74.2 Å². The fourth-order valence-corrected chi connectivity index (χ4v) is 4.21. The van der Waals surface area contributed by atoms with Crippen molar-refractivity contribution < 1.29 is 41.9 Å². The number of ether oxygens (including phenoxy) is 2. The Bertz CT molecular complexity index is 927. The van der Waals surface area contributed by atoms with Gasteiger partial charge >= 0.3 is 16.3 Å². The highest BCUT2D eigenvalue weighted by molar-refractivity contribution is 7.85. The third-order valence-corrected chi connectivity index (χ3v) is 6.21. The lowest BCUT2D eigenvalue weighted by atomic mass is 10.0.